The molecule has 0 unspecified atom stereocenters. The Labute approximate surface area is 156 Å². The minimum Gasteiger partial charge on any atom is -0.457 e. The summed E-state index contributed by atoms with van der Waals surface area (Å²) in [4.78, 5) is 28.0. The molecule has 9 heteroatoms. The summed E-state index contributed by atoms with van der Waals surface area (Å²) < 4.78 is 11.0. The van der Waals surface area contributed by atoms with Gasteiger partial charge in [0.2, 0.25) is 0 Å². The third-order valence-electron chi connectivity index (χ3n) is 3.43. The summed E-state index contributed by atoms with van der Waals surface area (Å²) >= 11 is 0. The third kappa shape index (κ3) is 5.14. The number of pyridine rings is 1. The minimum atomic E-state index is -0.749. The number of amides is 1. The van der Waals surface area contributed by atoms with Crippen LogP contribution in [-0.2, 0) is 11.3 Å². The lowest BCUT2D eigenvalue weighted by Gasteiger charge is -2.24. The molecule has 9 nitrogen and oxygen atoms in total. The first-order valence-corrected chi connectivity index (χ1v) is 8.09. The van der Waals surface area contributed by atoms with Crippen LogP contribution in [0.2, 0.25) is 0 Å². The van der Waals surface area contributed by atoms with Gasteiger partial charge in [-0.15, -0.1) is 0 Å². The molecule has 144 valence electrons. The highest BCUT2D eigenvalue weighted by molar-refractivity contribution is 5.90. The van der Waals surface area contributed by atoms with Gasteiger partial charge in [0.15, 0.2) is 0 Å². The Kier molecular flexibility index (Phi) is 5.96. The molecule has 1 N–H and O–H groups in total. The second-order valence-corrected chi connectivity index (χ2v) is 6.69. The average Bonchev–Trinajstić information content (AvgIpc) is 2.59. The minimum absolute atomic E-state index is 0.0198. The van der Waals surface area contributed by atoms with Crippen LogP contribution in [0.25, 0.3) is 0 Å². The molecule has 0 spiro atoms. The molecule has 1 aromatic carbocycles. The second-order valence-electron chi connectivity index (χ2n) is 6.69. The SMILES string of the molecule is CN(C(=O)OC(C)(C)C)c1cc(Oc2ccncc2CO)ccc1[N+](=O)[O-]. The maximum atomic E-state index is 12.3. The molecule has 0 aliphatic carbocycles. The molecular weight excluding hydrogens is 354 g/mol. The van der Waals surface area contributed by atoms with E-state index in [2.05, 4.69) is 4.98 Å². The number of benzene rings is 1. The first-order chi connectivity index (χ1) is 12.6. The summed E-state index contributed by atoms with van der Waals surface area (Å²) in [6, 6.07) is 5.57. The quantitative estimate of drug-likeness (QED) is 0.626. The highest BCUT2D eigenvalue weighted by Crippen LogP contribution is 2.35. The largest absolute Gasteiger partial charge is 0.457 e. The van der Waals surface area contributed by atoms with Gasteiger partial charge in [-0.1, -0.05) is 0 Å². The van der Waals surface area contributed by atoms with Gasteiger partial charge in [-0.25, -0.2) is 4.79 Å². The van der Waals surface area contributed by atoms with E-state index in [0.29, 0.717) is 11.3 Å². The topological polar surface area (TPSA) is 115 Å². The van der Waals surface area contributed by atoms with Crippen molar-refractivity contribution in [1.82, 2.24) is 4.98 Å². The molecule has 0 aliphatic rings. The highest BCUT2D eigenvalue weighted by atomic mass is 16.6. The van der Waals surface area contributed by atoms with E-state index in [1.165, 1.54) is 37.6 Å². The van der Waals surface area contributed by atoms with E-state index >= 15 is 0 Å². The van der Waals surface area contributed by atoms with Crippen molar-refractivity contribution in [3.8, 4) is 11.5 Å². The molecule has 1 heterocycles. The molecule has 2 aromatic rings. The molecular formula is C18H21N3O6. The molecule has 27 heavy (non-hydrogen) atoms. The number of aliphatic hydroxyl groups is 1. The van der Waals surface area contributed by atoms with Crippen molar-refractivity contribution in [3.63, 3.8) is 0 Å². The van der Waals surface area contributed by atoms with Crippen molar-refractivity contribution >= 4 is 17.5 Å². The van der Waals surface area contributed by atoms with Gasteiger partial charge < -0.3 is 14.6 Å². The summed E-state index contributed by atoms with van der Waals surface area (Å²) in [6.45, 7) is 4.83. The molecule has 1 aromatic heterocycles. The number of nitro benzene ring substituents is 1. The van der Waals surface area contributed by atoms with E-state index in [1.54, 1.807) is 26.8 Å². The van der Waals surface area contributed by atoms with Crippen LogP contribution in [-0.4, -0.2) is 33.8 Å². The first kappa shape index (κ1) is 20.1. The van der Waals surface area contributed by atoms with Gasteiger partial charge in [0.1, 0.15) is 22.8 Å². The normalized spacial score (nSPS) is 11.0. The number of hydrogen-bond donors (Lipinski definition) is 1. The van der Waals surface area contributed by atoms with E-state index in [9.17, 15) is 20.0 Å². The van der Waals surface area contributed by atoms with Gasteiger partial charge in [-0.2, -0.15) is 0 Å². The summed E-state index contributed by atoms with van der Waals surface area (Å²) in [7, 11) is 1.38. The summed E-state index contributed by atoms with van der Waals surface area (Å²) in [5.74, 6) is 0.610. The average molecular weight is 375 g/mol. The number of carbonyl (C=O) groups excluding carboxylic acids is 1. The van der Waals surface area contributed by atoms with Crippen molar-refractivity contribution in [2.75, 3.05) is 11.9 Å². The van der Waals surface area contributed by atoms with Crippen LogP contribution >= 0.6 is 0 Å². The van der Waals surface area contributed by atoms with Crippen LogP contribution in [0.5, 0.6) is 11.5 Å². The zero-order valence-electron chi connectivity index (χ0n) is 15.5. The zero-order valence-corrected chi connectivity index (χ0v) is 15.5. The number of nitrogens with zero attached hydrogens (tertiary/aromatic N) is 3. The summed E-state index contributed by atoms with van der Waals surface area (Å²) in [5, 5.41) is 20.7. The lowest BCUT2D eigenvalue weighted by atomic mass is 10.2. The number of hydrogen-bond acceptors (Lipinski definition) is 7. The summed E-state index contributed by atoms with van der Waals surface area (Å²) in [5.41, 5.74) is -0.543. The van der Waals surface area contributed by atoms with Gasteiger partial charge in [0.05, 0.1) is 11.5 Å². The van der Waals surface area contributed by atoms with Gasteiger partial charge in [-0.05, 0) is 32.9 Å². The van der Waals surface area contributed by atoms with Crippen molar-refractivity contribution < 1.29 is 24.3 Å². The third-order valence-corrected chi connectivity index (χ3v) is 3.43. The molecule has 0 saturated heterocycles. The molecule has 0 aliphatic heterocycles. The van der Waals surface area contributed by atoms with Gasteiger partial charge >= 0.3 is 6.09 Å². The number of anilines is 1. The molecule has 1 amide bonds. The predicted octanol–water partition coefficient (Wildman–Crippen LogP) is 3.65. The van der Waals surface area contributed by atoms with Crippen LogP contribution in [0.1, 0.15) is 26.3 Å². The van der Waals surface area contributed by atoms with E-state index < -0.39 is 16.6 Å². The molecule has 0 fully saturated rings. The number of aromatic nitrogens is 1. The van der Waals surface area contributed by atoms with Crippen molar-refractivity contribution in [2.24, 2.45) is 0 Å². The maximum Gasteiger partial charge on any atom is 0.414 e. The predicted molar refractivity (Wildman–Crippen MR) is 98.0 cm³/mol. The van der Waals surface area contributed by atoms with E-state index in [4.69, 9.17) is 9.47 Å². The number of nitro groups is 1. The van der Waals surface area contributed by atoms with Crippen molar-refractivity contribution in [2.45, 2.75) is 33.0 Å². The van der Waals surface area contributed by atoms with Gasteiger partial charge in [0.25, 0.3) is 5.69 Å². The van der Waals surface area contributed by atoms with E-state index in [-0.39, 0.29) is 23.7 Å². The van der Waals surface area contributed by atoms with E-state index in [0.717, 1.165) is 4.90 Å². The lowest BCUT2D eigenvalue weighted by molar-refractivity contribution is -0.384. The van der Waals surface area contributed by atoms with Crippen LogP contribution in [0.3, 0.4) is 0 Å². The smallest absolute Gasteiger partial charge is 0.414 e. The van der Waals surface area contributed by atoms with Crippen LogP contribution in [0.4, 0.5) is 16.2 Å². The number of aliphatic hydroxyl groups excluding tert-OH is 1. The number of rotatable bonds is 5. The Morgan fingerprint density at radius 2 is 2.04 bits per heavy atom. The Hall–Kier alpha value is -3.20. The molecule has 0 saturated carbocycles. The Morgan fingerprint density at radius 1 is 1.33 bits per heavy atom. The second kappa shape index (κ2) is 8.00. The number of ether oxygens (including phenoxy) is 2. The molecule has 2 rings (SSSR count). The van der Waals surface area contributed by atoms with Crippen LogP contribution in [0.15, 0.2) is 36.7 Å². The monoisotopic (exact) mass is 375 g/mol. The first-order valence-electron chi connectivity index (χ1n) is 8.09. The van der Waals surface area contributed by atoms with E-state index in [1.807, 2.05) is 0 Å². The fraction of sp³-hybridized carbons (Fsp3) is 0.333. The zero-order chi connectivity index (χ0) is 20.2. The highest BCUT2D eigenvalue weighted by Gasteiger charge is 2.26. The Balaban J connectivity index is 2.39. The Bertz CT molecular complexity index is 847. The molecule has 0 bridgehead atoms. The van der Waals surface area contributed by atoms with Gasteiger partial charge in [0, 0.05) is 37.1 Å². The van der Waals surface area contributed by atoms with Gasteiger partial charge in [-0.3, -0.25) is 20.0 Å². The van der Waals surface area contributed by atoms with Crippen LogP contribution in [0, 0.1) is 10.1 Å². The van der Waals surface area contributed by atoms with Crippen molar-refractivity contribution in [1.29, 1.82) is 0 Å². The standard InChI is InChI=1S/C18H21N3O6/c1-18(2,3)27-17(23)20(4)15-9-13(5-6-14(15)21(24)25)26-16-7-8-19-10-12(16)11-22/h5-10,22H,11H2,1-4H3. The summed E-state index contributed by atoms with van der Waals surface area (Å²) in [6.07, 6.45) is 2.21. The number of carbonyl (C=O) groups is 1. The molecule has 0 radical (unpaired) electrons. The Morgan fingerprint density at radius 3 is 2.63 bits per heavy atom. The fourth-order valence-corrected chi connectivity index (χ4v) is 2.18. The fourth-order valence-electron chi connectivity index (χ4n) is 2.18. The van der Waals surface area contributed by atoms with Crippen molar-refractivity contribution in [3.05, 3.63) is 52.3 Å². The van der Waals surface area contributed by atoms with Crippen LogP contribution < -0.4 is 9.64 Å². The molecule has 0 atom stereocenters. The maximum absolute atomic E-state index is 12.3. The lowest BCUT2D eigenvalue weighted by Crippen LogP contribution is -2.34.